The number of hydrogen-bond donors (Lipinski definition) is 0. The van der Waals surface area contributed by atoms with Crippen molar-refractivity contribution >= 4 is 23.5 Å². The first-order valence-corrected chi connectivity index (χ1v) is 10.6. The Morgan fingerprint density at radius 3 is 2.00 bits per heavy atom. The zero-order valence-corrected chi connectivity index (χ0v) is 14.6. The molecule has 6 unspecified atom stereocenters. The highest BCUT2D eigenvalue weighted by Crippen LogP contribution is 2.62. The van der Waals surface area contributed by atoms with Crippen LogP contribution in [0, 0.1) is 17.8 Å². The van der Waals surface area contributed by atoms with E-state index >= 15 is 0 Å². The molecule has 0 bridgehead atoms. The van der Waals surface area contributed by atoms with Crippen molar-refractivity contribution in [1.29, 1.82) is 0 Å². The molecule has 0 aromatic rings. The lowest BCUT2D eigenvalue weighted by Crippen LogP contribution is -2.26. The predicted octanol–water partition coefficient (Wildman–Crippen LogP) is 4.12. The molecule has 4 rings (SSSR count). The predicted molar refractivity (Wildman–Crippen MR) is 91.7 cm³/mol. The van der Waals surface area contributed by atoms with Crippen LogP contribution in [0.5, 0.6) is 0 Å². The minimum atomic E-state index is 0.928. The Balaban J connectivity index is 1.45. The van der Waals surface area contributed by atoms with Crippen molar-refractivity contribution in [3.8, 4) is 0 Å². The SMILES string of the molecule is CC1CC2C(CCN3CCCC3)C3CC(C)SC3C2S1. The van der Waals surface area contributed by atoms with E-state index in [1.807, 2.05) is 0 Å². The summed E-state index contributed by atoms with van der Waals surface area (Å²) < 4.78 is 0. The molecule has 3 aliphatic heterocycles. The van der Waals surface area contributed by atoms with E-state index in [0.717, 1.165) is 38.8 Å². The molecular formula is C17H29NS2. The lowest BCUT2D eigenvalue weighted by Gasteiger charge is -2.26. The van der Waals surface area contributed by atoms with E-state index in [2.05, 4.69) is 42.3 Å². The quantitative estimate of drug-likeness (QED) is 0.772. The summed E-state index contributed by atoms with van der Waals surface area (Å²) in [7, 11) is 0. The van der Waals surface area contributed by atoms with Crippen LogP contribution in [-0.4, -0.2) is 45.5 Å². The van der Waals surface area contributed by atoms with Gasteiger partial charge in [0.15, 0.2) is 0 Å². The Morgan fingerprint density at radius 1 is 0.900 bits per heavy atom. The summed E-state index contributed by atoms with van der Waals surface area (Å²) in [6.45, 7) is 9.10. The van der Waals surface area contributed by atoms with E-state index in [0.29, 0.717) is 0 Å². The van der Waals surface area contributed by atoms with E-state index in [1.54, 1.807) is 0 Å². The topological polar surface area (TPSA) is 3.24 Å². The fourth-order valence-electron chi connectivity index (χ4n) is 5.45. The summed E-state index contributed by atoms with van der Waals surface area (Å²) in [5.41, 5.74) is 0. The van der Waals surface area contributed by atoms with Crippen LogP contribution < -0.4 is 0 Å². The van der Waals surface area contributed by atoms with Gasteiger partial charge in [0.25, 0.3) is 0 Å². The van der Waals surface area contributed by atoms with Crippen LogP contribution in [0.1, 0.15) is 46.0 Å². The summed E-state index contributed by atoms with van der Waals surface area (Å²) in [6.07, 6.45) is 7.43. The van der Waals surface area contributed by atoms with Crippen LogP contribution in [0.4, 0.5) is 0 Å². The fourth-order valence-corrected chi connectivity index (χ4v) is 9.31. The number of rotatable bonds is 3. The highest BCUT2D eigenvalue weighted by Gasteiger charge is 2.56. The maximum Gasteiger partial charge on any atom is 0.0203 e. The molecule has 0 aromatic heterocycles. The van der Waals surface area contributed by atoms with Crippen LogP contribution in [0.25, 0.3) is 0 Å². The van der Waals surface area contributed by atoms with E-state index < -0.39 is 0 Å². The molecular weight excluding hydrogens is 282 g/mol. The molecule has 20 heavy (non-hydrogen) atoms. The summed E-state index contributed by atoms with van der Waals surface area (Å²) in [6, 6.07) is 0. The highest BCUT2D eigenvalue weighted by molar-refractivity contribution is 8.04. The van der Waals surface area contributed by atoms with Crippen LogP contribution in [0.3, 0.4) is 0 Å². The molecule has 1 aliphatic carbocycles. The van der Waals surface area contributed by atoms with Gasteiger partial charge in [-0.1, -0.05) is 13.8 Å². The molecule has 3 saturated heterocycles. The Kier molecular flexibility index (Phi) is 4.06. The second-order valence-corrected chi connectivity index (χ2v) is 10.9. The Labute approximate surface area is 133 Å². The molecule has 3 heterocycles. The van der Waals surface area contributed by atoms with Crippen LogP contribution >= 0.6 is 23.5 Å². The Hall–Kier alpha value is 0.660. The molecule has 0 amide bonds. The van der Waals surface area contributed by atoms with E-state index in [-0.39, 0.29) is 0 Å². The smallest absolute Gasteiger partial charge is 0.0203 e. The summed E-state index contributed by atoms with van der Waals surface area (Å²) in [4.78, 5) is 2.74. The summed E-state index contributed by atoms with van der Waals surface area (Å²) in [5, 5.41) is 3.87. The van der Waals surface area contributed by atoms with Gasteiger partial charge in [-0.05, 0) is 69.5 Å². The molecule has 1 saturated carbocycles. The first kappa shape index (κ1) is 14.3. The average molecular weight is 312 g/mol. The molecule has 1 nitrogen and oxygen atoms in total. The number of nitrogens with zero attached hydrogens (tertiary/aromatic N) is 1. The van der Waals surface area contributed by atoms with Gasteiger partial charge in [0, 0.05) is 21.0 Å². The van der Waals surface area contributed by atoms with Gasteiger partial charge in [-0.3, -0.25) is 0 Å². The summed E-state index contributed by atoms with van der Waals surface area (Å²) >= 11 is 4.68. The van der Waals surface area contributed by atoms with Gasteiger partial charge < -0.3 is 4.90 Å². The first-order chi connectivity index (χ1) is 9.72. The largest absolute Gasteiger partial charge is 0.303 e. The first-order valence-electron chi connectivity index (χ1n) is 8.75. The van der Waals surface area contributed by atoms with E-state index in [1.165, 1.54) is 51.7 Å². The van der Waals surface area contributed by atoms with Crippen LogP contribution in [-0.2, 0) is 0 Å². The van der Waals surface area contributed by atoms with Crippen LogP contribution in [0.15, 0.2) is 0 Å². The van der Waals surface area contributed by atoms with Crippen molar-refractivity contribution in [2.24, 2.45) is 17.8 Å². The van der Waals surface area contributed by atoms with Gasteiger partial charge in [-0.15, -0.1) is 0 Å². The maximum absolute atomic E-state index is 2.74. The molecule has 0 N–H and O–H groups in total. The zero-order valence-electron chi connectivity index (χ0n) is 13.0. The van der Waals surface area contributed by atoms with Gasteiger partial charge in [0.1, 0.15) is 0 Å². The highest BCUT2D eigenvalue weighted by atomic mass is 32.2. The van der Waals surface area contributed by atoms with Gasteiger partial charge in [-0.2, -0.15) is 23.5 Å². The molecule has 0 aromatic carbocycles. The Morgan fingerprint density at radius 2 is 1.45 bits per heavy atom. The summed E-state index contributed by atoms with van der Waals surface area (Å²) in [5.74, 6) is 3.18. The van der Waals surface area contributed by atoms with Gasteiger partial charge in [0.05, 0.1) is 0 Å². The second-order valence-electron chi connectivity index (χ2n) is 7.62. The lowest BCUT2D eigenvalue weighted by atomic mass is 9.82. The number of likely N-dealkylation sites (tertiary alicyclic amines) is 1. The number of fused-ring (bicyclic) bond motifs is 3. The standard InChI is InChI=1S/C17H29NS2/c1-11-9-14-13(5-8-18-6-3-4-7-18)15-10-12(2)20-17(15)16(14)19-11/h11-17H,3-10H2,1-2H3. The van der Waals surface area contributed by atoms with Crippen molar-refractivity contribution in [3.63, 3.8) is 0 Å². The van der Waals surface area contributed by atoms with Crippen molar-refractivity contribution in [2.75, 3.05) is 19.6 Å². The lowest BCUT2D eigenvalue weighted by molar-refractivity contribution is 0.231. The normalized spacial score (nSPS) is 51.6. The molecule has 4 aliphatic rings. The third-order valence-electron chi connectivity index (χ3n) is 6.23. The number of thioether (sulfide) groups is 2. The second kappa shape index (κ2) is 5.70. The molecule has 6 atom stereocenters. The van der Waals surface area contributed by atoms with Gasteiger partial charge in [-0.25, -0.2) is 0 Å². The third kappa shape index (κ3) is 2.46. The Bertz CT molecular complexity index is 331. The minimum absolute atomic E-state index is 0.928. The molecule has 4 fully saturated rings. The van der Waals surface area contributed by atoms with Gasteiger partial charge >= 0.3 is 0 Å². The molecule has 0 radical (unpaired) electrons. The van der Waals surface area contributed by atoms with Crippen LogP contribution in [0.2, 0.25) is 0 Å². The van der Waals surface area contributed by atoms with Crippen molar-refractivity contribution in [1.82, 2.24) is 4.90 Å². The average Bonchev–Trinajstić information content (AvgIpc) is 3.12. The monoisotopic (exact) mass is 311 g/mol. The zero-order chi connectivity index (χ0) is 13.7. The van der Waals surface area contributed by atoms with E-state index in [4.69, 9.17) is 0 Å². The van der Waals surface area contributed by atoms with Crippen molar-refractivity contribution in [2.45, 2.75) is 67.0 Å². The minimum Gasteiger partial charge on any atom is -0.303 e. The molecule has 0 spiro atoms. The maximum atomic E-state index is 2.74. The van der Waals surface area contributed by atoms with Crippen molar-refractivity contribution < 1.29 is 0 Å². The molecule has 114 valence electrons. The molecule has 3 heteroatoms. The fraction of sp³-hybridized carbons (Fsp3) is 1.00. The van der Waals surface area contributed by atoms with Crippen molar-refractivity contribution in [3.05, 3.63) is 0 Å². The van der Waals surface area contributed by atoms with E-state index in [9.17, 15) is 0 Å². The van der Waals surface area contributed by atoms with Gasteiger partial charge in [0.2, 0.25) is 0 Å². The third-order valence-corrected chi connectivity index (χ3v) is 9.63. The number of hydrogen-bond acceptors (Lipinski definition) is 3.